The van der Waals surface area contributed by atoms with Crippen LogP contribution < -0.4 is 11.1 Å². The van der Waals surface area contributed by atoms with Crippen LogP contribution in [0.1, 0.15) is 85.0 Å². The number of alkyl carbamates (subject to hydrolysis) is 1. The van der Waals surface area contributed by atoms with Gasteiger partial charge in [-0.1, -0.05) is 32.1 Å². The molecule has 0 aromatic carbocycles. The molecule has 164 valence electrons. The van der Waals surface area contributed by atoms with Crippen LogP contribution in [0.5, 0.6) is 0 Å². The van der Waals surface area contributed by atoms with Crippen LogP contribution in [0.2, 0.25) is 0 Å². The number of hydrogen-bond acceptors (Lipinski definition) is 5. The molecule has 0 saturated carbocycles. The number of aliphatic carboxylic acids is 1. The van der Waals surface area contributed by atoms with Gasteiger partial charge in [-0.3, -0.25) is 9.59 Å². The molecule has 0 fully saturated rings. The molecule has 0 rings (SSSR count). The first-order valence-electron chi connectivity index (χ1n) is 10.2. The molecule has 0 aliphatic carbocycles. The quantitative estimate of drug-likeness (QED) is 0.340. The van der Waals surface area contributed by atoms with E-state index in [9.17, 15) is 14.4 Å². The maximum Gasteiger partial charge on any atom is 0.407 e. The highest BCUT2D eigenvalue weighted by Crippen LogP contribution is 2.10. The SMILES string of the molecule is CC(C)(C)OC(=O)NC(CCC(N)=O)COCCCCCCCCCC(=O)O. The van der Waals surface area contributed by atoms with Crippen LogP contribution in [0, 0.1) is 0 Å². The van der Waals surface area contributed by atoms with Crippen molar-refractivity contribution in [3.63, 3.8) is 0 Å². The second kappa shape index (κ2) is 15.1. The van der Waals surface area contributed by atoms with Crippen molar-refractivity contribution >= 4 is 18.0 Å². The van der Waals surface area contributed by atoms with Crippen molar-refractivity contribution < 1.29 is 29.0 Å². The zero-order chi connectivity index (χ0) is 21.4. The van der Waals surface area contributed by atoms with Crippen molar-refractivity contribution in [2.45, 2.75) is 96.6 Å². The zero-order valence-corrected chi connectivity index (χ0v) is 17.6. The van der Waals surface area contributed by atoms with E-state index in [-0.39, 0.29) is 18.9 Å². The smallest absolute Gasteiger partial charge is 0.407 e. The molecule has 0 heterocycles. The lowest BCUT2D eigenvalue weighted by Crippen LogP contribution is -2.42. The summed E-state index contributed by atoms with van der Waals surface area (Å²) in [7, 11) is 0. The molecule has 0 aliphatic rings. The second-order valence-electron chi connectivity index (χ2n) is 8.04. The fourth-order valence-electron chi connectivity index (χ4n) is 2.58. The Morgan fingerprint density at radius 1 is 0.964 bits per heavy atom. The van der Waals surface area contributed by atoms with Gasteiger partial charge in [-0.2, -0.15) is 0 Å². The summed E-state index contributed by atoms with van der Waals surface area (Å²) in [5, 5.41) is 11.3. The van der Waals surface area contributed by atoms with E-state index in [1.54, 1.807) is 20.8 Å². The highest BCUT2D eigenvalue weighted by atomic mass is 16.6. The minimum atomic E-state index is -0.729. The highest BCUT2D eigenvalue weighted by molar-refractivity contribution is 5.74. The van der Waals surface area contributed by atoms with Gasteiger partial charge in [0.05, 0.1) is 12.6 Å². The average Bonchev–Trinajstić information content (AvgIpc) is 2.55. The third-order valence-corrected chi connectivity index (χ3v) is 3.96. The summed E-state index contributed by atoms with van der Waals surface area (Å²) in [5.41, 5.74) is 4.60. The average molecular weight is 403 g/mol. The number of amides is 2. The van der Waals surface area contributed by atoms with Crippen LogP contribution in [0.3, 0.4) is 0 Å². The lowest BCUT2D eigenvalue weighted by molar-refractivity contribution is -0.137. The van der Waals surface area contributed by atoms with Gasteiger partial charge in [0.1, 0.15) is 5.60 Å². The first-order valence-corrected chi connectivity index (χ1v) is 10.2. The second-order valence-corrected chi connectivity index (χ2v) is 8.04. The van der Waals surface area contributed by atoms with Crippen molar-refractivity contribution in [2.24, 2.45) is 5.73 Å². The summed E-state index contributed by atoms with van der Waals surface area (Å²) in [6.45, 7) is 6.25. The Hall–Kier alpha value is -1.83. The summed E-state index contributed by atoms with van der Waals surface area (Å²) in [6, 6.07) is -0.323. The summed E-state index contributed by atoms with van der Waals surface area (Å²) < 4.78 is 10.9. The van der Waals surface area contributed by atoms with Gasteiger partial charge >= 0.3 is 12.1 Å². The maximum atomic E-state index is 11.9. The Kier molecular flexibility index (Phi) is 14.1. The van der Waals surface area contributed by atoms with E-state index in [1.165, 1.54) is 0 Å². The molecule has 1 unspecified atom stereocenters. The largest absolute Gasteiger partial charge is 0.481 e. The summed E-state index contributed by atoms with van der Waals surface area (Å²) >= 11 is 0. The van der Waals surface area contributed by atoms with E-state index < -0.39 is 23.6 Å². The van der Waals surface area contributed by atoms with Gasteiger partial charge in [0.2, 0.25) is 5.91 Å². The molecule has 0 aromatic rings. The van der Waals surface area contributed by atoms with Crippen molar-refractivity contribution in [2.75, 3.05) is 13.2 Å². The minimum absolute atomic E-state index is 0.172. The molecule has 2 amide bonds. The van der Waals surface area contributed by atoms with Crippen LogP contribution in [0.4, 0.5) is 4.79 Å². The molecule has 0 aromatic heterocycles. The number of unbranched alkanes of at least 4 members (excludes halogenated alkanes) is 6. The molecule has 0 saturated heterocycles. The Balaban J connectivity index is 3.87. The lowest BCUT2D eigenvalue weighted by atomic mass is 10.1. The van der Waals surface area contributed by atoms with E-state index in [2.05, 4.69) is 5.32 Å². The Morgan fingerprint density at radius 2 is 1.54 bits per heavy atom. The number of carbonyl (C=O) groups is 3. The van der Waals surface area contributed by atoms with E-state index in [1.807, 2.05) is 0 Å². The van der Waals surface area contributed by atoms with Gasteiger partial charge in [0, 0.05) is 19.4 Å². The molecule has 0 radical (unpaired) electrons. The van der Waals surface area contributed by atoms with Gasteiger partial charge in [0.25, 0.3) is 0 Å². The maximum absolute atomic E-state index is 11.9. The predicted octanol–water partition coefficient (Wildman–Crippen LogP) is 3.37. The predicted molar refractivity (Wildman–Crippen MR) is 107 cm³/mol. The third-order valence-electron chi connectivity index (χ3n) is 3.96. The number of ether oxygens (including phenoxy) is 2. The van der Waals surface area contributed by atoms with Gasteiger partial charge in [-0.05, 0) is 40.0 Å². The highest BCUT2D eigenvalue weighted by Gasteiger charge is 2.20. The number of carbonyl (C=O) groups excluding carboxylic acids is 2. The Labute approximate surface area is 168 Å². The van der Waals surface area contributed by atoms with Crippen LogP contribution in [0.25, 0.3) is 0 Å². The van der Waals surface area contributed by atoms with Crippen LogP contribution >= 0.6 is 0 Å². The van der Waals surface area contributed by atoms with Gasteiger partial charge in [0.15, 0.2) is 0 Å². The van der Waals surface area contributed by atoms with Gasteiger partial charge in [-0.25, -0.2) is 4.79 Å². The molecular weight excluding hydrogens is 364 g/mol. The first-order chi connectivity index (χ1) is 13.1. The summed E-state index contributed by atoms with van der Waals surface area (Å²) in [6.07, 6.45) is 7.22. The number of hydrogen-bond donors (Lipinski definition) is 3. The van der Waals surface area contributed by atoms with Crippen molar-refractivity contribution in [3.8, 4) is 0 Å². The van der Waals surface area contributed by atoms with Gasteiger partial charge < -0.3 is 25.6 Å². The Bertz CT molecular complexity index is 462. The first kappa shape index (κ1) is 26.2. The van der Waals surface area contributed by atoms with Crippen molar-refractivity contribution in [1.29, 1.82) is 0 Å². The van der Waals surface area contributed by atoms with Crippen LogP contribution in [-0.2, 0) is 19.1 Å². The van der Waals surface area contributed by atoms with Crippen molar-refractivity contribution in [1.82, 2.24) is 5.32 Å². The lowest BCUT2D eigenvalue weighted by Gasteiger charge is -2.23. The molecule has 4 N–H and O–H groups in total. The standard InChI is InChI=1S/C20H38N2O6/c1-20(2,3)28-19(26)22-16(12-13-17(21)23)15-27-14-10-8-6-4-5-7-9-11-18(24)25/h16H,4-15H2,1-3H3,(H2,21,23)(H,22,26)(H,24,25). The molecule has 0 bridgehead atoms. The third kappa shape index (κ3) is 18.9. The number of nitrogens with two attached hydrogens (primary N) is 1. The number of carboxylic acid groups (broad SMARTS) is 1. The number of carboxylic acids is 1. The summed E-state index contributed by atoms with van der Waals surface area (Å²) in [4.78, 5) is 33.3. The molecule has 0 spiro atoms. The van der Waals surface area contributed by atoms with E-state index in [4.69, 9.17) is 20.3 Å². The molecular formula is C20H38N2O6. The monoisotopic (exact) mass is 402 g/mol. The Morgan fingerprint density at radius 3 is 2.07 bits per heavy atom. The van der Waals surface area contributed by atoms with Crippen LogP contribution in [-0.4, -0.2) is 47.9 Å². The fourth-order valence-corrected chi connectivity index (χ4v) is 2.58. The molecule has 8 heteroatoms. The number of rotatable bonds is 16. The molecule has 28 heavy (non-hydrogen) atoms. The van der Waals surface area contributed by atoms with E-state index in [0.29, 0.717) is 19.6 Å². The topological polar surface area (TPSA) is 128 Å². The fraction of sp³-hybridized carbons (Fsp3) is 0.850. The van der Waals surface area contributed by atoms with Crippen LogP contribution in [0.15, 0.2) is 0 Å². The number of primary amides is 1. The zero-order valence-electron chi connectivity index (χ0n) is 17.6. The normalized spacial score (nSPS) is 12.4. The molecule has 8 nitrogen and oxygen atoms in total. The van der Waals surface area contributed by atoms with E-state index in [0.717, 1.165) is 44.9 Å². The van der Waals surface area contributed by atoms with Crippen molar-refractivity contribution in [3.05, 3.63) is 0 Å². The molecule has 0 aliphatic heterocycles. The minimum Gasteiger partial charge on any atom is -0.481 e. The summed E-state index contributed by atoms with van der Waals surface area (Å²) in [5.74, 6) is -1.15. The number of nitrogens with one attached hydrogen (secondary N) is 1. The molecule has 1 atom stereocenters. The van der Waals surface area contributed by atoms with Gasteiger partial charge in [-0.15, -0.1) is 0 Å². The van der Waals surface area contributed by atoms with E-state index >= 15 is 0 Å².